The van der Waals surface area contributed by atoms with E-state index in [-0.39, 0.29) is 23.0 Å². The second kappa shape index (κ2) is 14.0. The minimum absolute atomic E-state index is 0.0476. The number of carbonyl (C=O) groups excluding carboxylic acids is 1. The van der Waals surface area contributed by atoms with Crippen molar-refractivity contribution < 1.29 is 23.4 Å². The summed E-state index contributed by atoms with van der Waals surface area (Å²) in [7, 11) is 1.40. The van der Waals surface area contributed by atoms with Gasteiger partial charge in [0.2, 0.25) is 5.95 Å². The lowest BCUT2D eigenvalue weighted by molar-refractivity contribution is 0.102. The van der Waals surface area contributed by atoms with Gasteiger partial charge in [-0.3, -0.25) is 14.1 Å². The molecule has 0 atom stereocenters. The molecule has 3 aromatic heterocycles. The molecule has 260 valence electrons. The van der Waals surface area contributed by atoms with Crippen molar-refractivity contribution in [3.63, 3.8) is 0 Å². The zero-order valence-electron chi connectivity index (χ0n) is 28.3. The molecule has 1 aliphatic heterocycles. The van der Waals surface area contributed by atoms with Gasteiger partial charge in [-0.25, -0.2) is 23.7 Å². The molecule has 0 aliphatic carbocycles. The standard InChI is InChI=1S/C38H36F2N8O3/c1-23(2)46-17-19-47(20-18-46)25-11-12-29(31(49)22-25)42-38-41-15-14-30(43-38)36-34(44-33-9-4-5-16-48(33)36)24-10-13-32(51-3)26(21-24)37(50)45-35-27(39)7-6-8-28(35)40/h4-16,21-23,49H,17-20H2,1-3H3,(H,45,50)(H,41,42,43). The summed E-state index contributed by atoms with van der Waals surface area (Å²) in [6, 6.07) is 21.6. The van der Waals surface area contributed by atoms with Crippen molar-refractivity contribution in [3.05, 3.63) is 108 Å². The first-order valence-corrected chi connectivity index (χ1v) is 16.5. The Morgan fingerprint density at radius 1 is 0.922 bits per heavy atom. The fourth-order valence-corrected chi connectivity index (χ4v) is 6.26. The highest BCUT2D eigenvalue weighted by Crippen LogP contribution is 2.36. The summed E-state index contributed by atoms with van der Waals surface area (Å²) < 4.78 is 36.1. The number of halogens is 2. The average molecular weight is 691 g/mol. The summed E-state index contributed by atoms with van der Waals surface area (Å²) >= 11 is 0. The fourth-order valence-electron chi connectivity index (χ4n) is 6.26. The lowest BCUT2D eigenvalue weighted by Gasteiger charge is -2.38. The molecule has 0 bridgehead atoms. The number of benzene rings is 3. The van der Waals surface area contributed by atoms with Gasteiger partial charge >= 0.3 is 0 Å². The lowest BCUT2D eigenvalue weighted by atomic mass is 10.0. The normalized spacial score (nSPS) is 13.5. The second-order valence-electron chi connectivity index (χ2n) is 12.4. The molecule has 6 aromatic rings. The molecule has 0 spiro atoms. The summed E-state index contributed by atoms with van der Waals surface area (Å²) in [6.07, 6.45) is 3.45. The molecule has 0 radical (unpaired) electrons. The quantitative estimate of drug-likeness (QED) is 0.138. The predicted molar refractivity (Wildman–Crippen MR) is 193 cm³/mol. The fraction of sp³-hybridized carbons (Fsp3) is 0.211. The Balaban J connectivity index is 1.20. The van der Waals surface area contributed by atoms with Gasteiger partial charge in [-0.05, 0) is 74.5 Å². The van der Waals surface area contributed by atoms with Crippen molar-refractivity contribution in [1.29, 1.82) is 0 Å². The number of ether oxygens (including phenoxy) is 1. The van der Waals surface area contributed by atoms with Crippen LogP contribution in [0.4, 0.5) is 31.8 Å². The van der Waals surface area contributed by atoms with Crippen molar-refractivity contribution >= 4 is 34.6 Å². The van der Waals surface area contributed by atoms with Crippen LogP contribution in [0.1, 0.15) is 24.2 Å². The number of hydrogen-bond donors (Lipinski definition) is 3. The number of carbonyl (C=O) groups is 1. The molecule has 7 rings (SSSR count). The number of aromatic nitrogens is 4. The maximum absolute atomic E-state index is 14.4. The van der Waals surface area contributed by atoms with Gasteiger partial charge in [0.05, 0.1) is 35.4 Å². The van der Waals surface area contributed by atoms with E-state index in [0.717, 1.165) is 44.0 Å². The van der Waals surface area contributed by atoms with E-state index in [2.05, 4.69) is 39.3 Å². The number of nitrogens with one attached hydrogen (secondary N) is 2. The van der Waals surface area contributed by atoms with Crippen LogP contribution >= 0.6 is 0 Å². The Kier molecular flexibility index (Phi) is 9.20. The summed E-state index contributed by atoms with van der Waals surface area (Å²) in [4.78, 5) is 32.2. The summed E-state index contributed by atoms with van der Waals surface area (Å²) in [6.45, 7) is 8.08. The Morgan fingerprint density at radius 3 is 2.43 bits per heavy atom. The highest BCUT2D eigenvalue weighted by atomic mass is 19.1. The van der Waals surface area contributed by atoms with Crippen molar-refractivity contribution in [2.75, 3.05) is 48.8 Å². The number of rotatable bonds is 9. The van der Waals surface area contributed by atoms with Crippen LogP contribution in [0.15, 0.2) is 91.3 Å². The SMILES string of the molecule is COc1ccc(-c2nc3ccccn3c2-c2ccnc(Nc3ccc(N4CCN(C(C)C)CC4)cc3O)n2)cc1C(=O)Nc1c(F)cccc1F. The van der Waals surface area contributed by atoms with E-state index in [0.29, 0.717) is 40.0 Å². The summed E-state index contributed by atoms with van der Waals surface area (Å²) in [5, 5.41) is 16.5. The third-order valence-corrected chi connectivity index (χ3v) is 8.98. The van der Waals surface area contributed by atoms with Gasteiger partial charge < -0.3 is 25.4 Å². The number of nitrogens with zero attached hydrogens (tertiary/aromatic N) is 6. The molecule has 11 nitrogen and oxygen atoms in total. The number of methoxy groups -OCH3 is 1. The summed E-state index contributed by atoms with van der Waals surface area (Å²) in [5.41, 5.74) is 3.64. The topological polar surface area (TPSA) is 120 Å². The maximum atomic E-state index is 14.4. The molecule has 4 heterocycles. The van der Waals surface area contributed by atoms with E-state index in [1.165, 1.54) is 13.2 Å². The van der Waals surface area contributed by atoms with E-state index in [9.17, 15) is 18.7 Å². The van der Waals surface area contributed by atoms with Crippen LogP contribution in [-0.2, 0) is 0 Å². The van der Waals surface area contributed by atoms with Crippen molar-refractivity contribution in [2.45, 2.75) is 19.9 Å². The van der Waals surface area contributed by atoms with Crippen molar-refractivity contribution in [2.24, 2.45) is 0 Å². The predicted octanol–water partition coefficient (Wildman–Crippen LogP) is 6.98. The molecule has 13 heteroatoms. The molecule has 1 aliphatic rings. The monoisotopic (exact) mass is 690 g/mol. The molecule has 1 fully saturated rings. The number of imidazole rings is 1. The number of anilines is 4. The Bertz CT molecular complexity index is 2210. The minimum Gasteiger partial charge on any atom is -0.506 e. The van der Waals surface area contributed by atoms with Crippen LogP contribution in [0, 0.1) is 11.6 Å². The van der Waals surface area contributed by atoms with Crippen LogP contribution in [0.5, 0.6) is 11.5 Å². The van der Waals surface area contributed by atoms with Gasteiger partial charge in [0.1, 0.15) is 34.5 Å². The van der Waals surface area contributed by atoms with Gasteiger partial charge in [0, 0.05) is 61.9 Å². The van der Waals surface area contributed by atoms with Crippen LogP contribution in [0.2, 0.25) is 0 Å². The number of phenolic OH excluding ortho intramolecular Hbond substituents is 1. The first-order valence-electron chi connectivity index (χ1n) is 16.5. The zero-order chi connectivity index (χ0) is 35.6. The second-order valence-corrected chi connectivity index (χ2v) is 12.4. The zero-order valence-corrected chi connectivity index (χ0v) is 28.3. The van der Waals surface area contributed by atoms with Crippen molar-refractivity contribution in [1.82, 2.24) is 24.3 Å². The number of fused-ring (bicyclic) bond motifs is 1. The highest BCUT2D eigenvalue weighted by Gasteiger charge is 2.23. The van der Waals surface area contributed by atoms with Gasteiger partial charge in [-0.1, -0.05) is 12.1 Å². The third kappa shape index (κ3) is 6.75. The largest absolute Gasteiger partial charge is 0.506 e. The summed E-state index contributed by atoms with van der Waals surface area (Å²) in [5.74, 6) is -2.05. The lowest BCUT2D eigenvalue weighted by Crippen LogP contribution is -2.48. The van der Waals surface area contributed by atoms with Gasteiger partial charge in [-0.2, -0.15) is 0 Å². The number of aromatic hydroxyl groups is 1. The van der Waals surface area contributed by atoms with E-state index in [1.54, 1.807) is 36.5 Å². The van der Waals surface area contributed by atoms with E-state index in [1.807, 2.05) is 40.9 Å². The average Bonchev–Trinajstić information content (AvgIpc) is 3.53. The Morgan fingerprint density at radius 2 is 1.71 bits per heavy atom. The van der Waals surface area contributed by atoms with Crippen LogP contribution in [0.25, 0.3) is 28.3 Å². The van der Waals surface area contributed by atoms with Crippen molar-refractivity contribution in [3.8, 4) is 34.1 Å². The molecular weight excluding hydrogens is 654 g/mol. The van der Waals surface area contributed by atoms with Gasteiger partial charge in [0.15, 0.2) is 0 Å². The maximum Gasteiger partial charge on any atom is 0.259 e. The number of para-hydroxylation sites is 1. The highest BCUT2D eigenvalue weighted by molar-refractivity contribution is 6.07. The number of amides is 1. The minimum atomic E-state index is -0.904. The first-order chi connectivity index (χ1) is 24.7. The molecular formula is C38H36F2N8O3. The van der Waals surface area contributed by atoms with Crippen LogP contribution < -0.4 is 20.3 Å². The first kappa shape index (κ1) is 33.4. The molecule has 1 amide bonds. The number of piperazine rings is 1. The molecule has 51 heavy (non-hydrogen) atoms. The molecule has 3 N–H and O–H groups in total. The van der Waals surface area contributed by atoms with Crippen LogP contribution in [-0.4, -0.2) is 74.6 Å². The Hall–Kier alpha value is -6.08. The Labute approximate surface area is 293 Å². The van der Waals surface area contributed by atoms with Crippen LogP contribution in [0.3, 0.4) is 0 Å². The van der Waals surface area contributed by atoms with E-state index in [4.69, 9.17) is 14.7 Å². The molecule has 0 unspecified atom stereocenters. The van der Waals surface area contributed by atoms with Gasteiger partial charge in [-0.15, -0.1) is 0 Å². The number of pyridine rings is 1. The van der Waals surface area contributed by atoms with Gasteiger partial charge in [0.25, 0.3) is 5.91 Å². The molecule has 0 saturated carbocycles. The van der Waals surface area contributed by atoms with E-state index < -0.39 is 23.2 Å². The third-order valence-electron chi connectivity index (χ3n) is 8.98. The number of hydrogen-bond acceptors (Lipinski definition) is 9. The molecule has 1 saturated heterocycles. The van der Waals surface area contributed by atoms with E-state index >= 15 is 0 Å². The number of phenols is 1. The smallest absolute Gasteiger partial charge is 0.259 e. The molecule has 3 aromatic carbocycles.